The number of carbonyl (C=O) groups is 1. The van der Waals surface area contributed by atoms with E-state index in [1.54, 1.807) is 12.2 Å². The third-order valence-electron chi connectivity index (χ3n) is 3.08. The summed E-state index contributed by atoms with van der Waals surface area (Å²) in [6, 6.07) is 0. The summed E-state index contributed by atoms with van der Waals surface area (Å²) in [5.74, 6) is 0.0772. The first-order valence-electron chi connectivity index (χ1n) is 5.12. The summed E-state index contributed by atoms with van der Waals surface area (Å²) in [7, 11) is 2.00. The van der Waals surface area contributed by atoms with Gasteiger partial charge in [0.15, 0.2) is 5.78 Å². The molecule has 0 spiro atoms. The monoisotopic (exact) mass is 200 g/mol. The molecule has 0 atom stereocenters. The van der Waals surface area contributed by atoms with E-state index in [4.69, 9.17) is 0 Å². The number of hydrogen-bond acceptors (Lipinski definition) is 2. The average Bonchev–Trinajstić information content (AvgIpc) is 2.54. The second kappa shape index (κ2) is 2.86. The van der Waals surface area contributed by atoms with Crippen molar-refractivity contribution >= 4 is 24.1 Å². The van der Waals surface area contributed by atoms with E-state index in [9.17, 15) is 4.79 Å². The number of aromatic nitrogens is 1. The Bertz CT molecular complexity index is 590. The molecule has 0 amide bonds. The third kappa shape index (κ3) is 1.09. The highest BCUT2D eigenvalue weighted by Gasteiger charge is 2.15. The lowest BCUT2D eigenvalue weighted by atomic mass is 10.0. The van der Waals surface area contributed by atoms with E-state index in [1.165, 1.54) is 16.5 Å². The molecule has 0 aromatic carbocycles. The van der Waals surface area contributed by atoms with Gasteiger partial charge in [-0.1, -0.05) is 0 Å². The van der Waals surface area contributed by atoms with Crippen molar-refractivity contribution in [2.75, 3.05) is 6.54 Å². The average molecular weight is 200 g/mol. The fourth-order valence-electron chi connectivity index (χ4n) is 2.33. The first-order chi connectivity index (χ1) is 7.27. The summed E-state index contributed by atoms with van der Waals surface area (Å²) >= 11 is 0. The molecule has 0 unspecified atom stereocenters. The van der Waals surface area contributed by atoms with Gasteiger partial charge in [-0.05, 0) is 24.1 Å². The smallest absolute Gasteiger partial charge is 0.180 e. The van der Waals surface area contributed by atoms with Crippen molar-refractivity contribution in [1.29, 1.82) is 0 Å². The highest BCUT2D eigenvalue weighted by molar-refractivity contribution is 6.16. The molecule has 3 rings (SSSR count). The second-order valence-corrected chi connectivity index (χ2v) is 3.95. The van der Waals surface area contributed by atoms with Crippen LogP contribution in [0.15, 0.2) is 6.08 Å². The number of nitrogens with one attached hydrogen (secondary N) is 1. The van der Waals surface area contributed by atoms with Gasteiger partial charge in [0.25, 0.3) is 0 Å². The van der Waals surface area contributed by atoms with E-state index in [1.807, 2.05) is 19.3 Å². The van der Waals surface area contributed by atoms with Crippen LogP contribution in [0.2, 0.25) is 0 Å². The molecule has 0 radical (unpaired) electrons. The van der Waals surface area contributed by atoms with Crippen molar-refractivity contribution in [3.63, 3.8) is 0 Å². The molecule has 15 heavy (non-hydrogen) atoms. The number of allylic oxidation sites excluding steroid dienone is 1. The van der Waals surface area contributed by atoms with Crippen molar-refractivity contribution in [3.05, 3.63) is 27.9 Å². The molecule has 76 valence electrons. The Balaban J connectivity index is 2.46. The quantitative estimate of drug-likeness (QED) is 0.600. The Morgan fingerprint density at radius 1 is 1.33 bits per heavy atom. The van der Waals surface area contributed by atoms with Crippen LogP contribution in [-0.4, -0.2) is 16.9 Å². The zero-order valence-electron chi connectivity index (χ0n) is 8.58. The van der Waals surface area contributed by atoms with Crippen LogP contribution in [0.25, 0.3) is 18.4 Å². The molecule has 0 bridgehead atoms. The fraction of sp³-hybridized carbons (Fsp3) is 0.250. The van der Waals surface area contributed by atoms with Crippen LogP contribution < -0.4 is 16.0 Å². The summed E-state index contributed by atoms with van der Waals surface area (Å²) in [4.78, 5) is 11.3. The number of fused-ring (bicyclic) bond motifs is 3. The van der Waals surface area contributed by atoms with Gasteiger partial charge in [0.05, 0.1) is 10.7 Å². The van der Waals surface area contributed by atoms with Crippen LogP contribution in [0.5, 0.6) is 0 Å². The zero-order chi connectivity index (χ0) is 10.4. The highest BCUT2D eigenvalue weighted by atomic mass is 16.1. The standard InChI is InChI=1S/C12H12N2O/c1-14-11-6-8(15)2-3-9(11)10-4-5-13-7-12(10)14/h2-3,6-7,13H,4-5H2,1H3. The molecular formula is C12H12N2O. The molecular weight excluding hydrogens is 188 g/mol. The Morgan fingerprint density at radius 2 is 2.20 bits per heavy atom. The van der Waals surface area contributed by atoms with Crippen molar-refractivity contribution in [1.82, 2.24) is 9.88 Å². The minimum absolute atomic E-state index is 0.0772. The molecule has 1 aromatic heterocycles. The highest BCUT2D eigenvalue weighted by Crippen LogP contribution is 2.08. The van der Waals surface area contributed by atoms with Crippen molar-refractivity contribution in [3.8, 4) is 0 Å². The van der Waals surface area contributed by atoms with Gasteiger partial charge in [-0.3, -0.25) is 4.79 Å². The third-order valence-corrected chi connectivity index (χ3v) is 3.08. The maximum atomic E-state index is 11.3. The number of nitrogens with zero attached hydrogens (tertiary/aromatic N) is 1. The van der Waals surface area contributed by atoms with E-state index in [-0.39, 0.29) is 5.78 Å². The Hall–Kier alpha value is -1.77. The lowest BCUT2D eigenvalue weighted by Gasteiger charge is -2.08. The van der Waals surface area contributed by atoms with Gasteiger partial charge in [-0.2, -0.15) is 0 Å². The summed E-state index contributed by atoms with van der Waals surface area (Å²) in [5.41, 5.74) is 2.57. The van der Waals surface area contributed by atoms with E-state index < -0.39 is 0 Å². The topological polar surface area (TPSA) is 34.0 Å². The molecule has 1 aliphatic carbocycles. The van der Waals surface area contributed by atoms with Gasteiger partial charge in [0.1, 0.15) is 0 Å². The lowest BCUT2D eigenvalue weighted by Crippen LogP contribution is -2.31. The van der Waals surface area contributed by atoms with Gasteiger partial charge >= 0.3 is 0 Å². The van der Waals surface area contributed by atoms with Gasteiger partial charge < -0.3 is 9.88 Å². The molecule has 3 nitrogen and oxygen atoms in total. The van der Waals surface area contributed by atoms with E-state index in [0.717, 1.165) is 18.3 Å². The zero-order valence-corrected chi connectivity index (χ0v) is 8.58. The summed E-state index contributed by atoms with van der Waals surface area (Å²) < 4.78 is 2.08. The molecule has 0 saturated heterocycles. The number of rotatable bonds is 0. The van der Waals surface area contributed by atoms with Gasteiger partial charge in [-0.15, -0.1) is 0 Å². The minimum atomic E-state index is 0.0772. The molecule has 3 heteroatoms. The normalized spacial score (nSPS) is 17.3. The maximum absolute atomic E-state index is 11.3. The van der Waals surface area contributed by atoms with Crippen LogP contribution >= 0.6 is 0 Å². The van der Waals surface area contributed by atoms with Crippen LogP contribution in [0.3, 0.4) is 0 Å². The fourth-order valence-corrected chi connectivity index (χ4v) is 2.33. The Kier molecular flexibility index (Phi) is 1.63. The lowest BCUT2D eigenvalue weighted by molar-refractivity contribution is -0.109. The summed E-state index contributed by atoms with van der Waals surface area (Å²) in [6.07, 6.45) is 8.35. The predicted octanol–water partition coefficient (Wildman–Crippen LogP) is -0.715. The van der Waals surface area contributed by atoms with Crippen LogP contribution in [0.1, 0.15) is 11.1 Å². The predicted molar refractivity (Wildman–Crippen MR) is 59.3 cm³/mol. The second-order valence-electron chi connectivity index (χ2n) is 3.95. The molecule has 1 aromatic rings. The number of ketones is 1. The molecule has 0 saturated carbocycles. The Labute approximate surface area is 87.4 Å². The van der Waals surface area contributed by atoms with Crippen molar-refractivity contribution in [2.45, 2.75) is 6.42 Å². The molecule has 0 fully saturated rings. The molecule has 2 aliphatic rings. The molecule has 1 N–H and O–H groups in total. The maximum Gasteiger partial charge on any atom is 0.180 e. The number of hydrogen-bond donors (Lipinski definition) is 1. The van der Waals surface area contributed by atoms with Crippen LogP contribution in [-0.2, 0) is 18.3 Å². The van der Waals surface area contributed by atoms with Gasteiger partial charge in [-0.25, -0.2) is 0 Å². The van der Waals surface area contributed by atoms with Crippen molar-refractivity contribution < 1.29 is 4.79 Å². The summed E-state index contributed by atoms with van der Waals surface area (Å²) in [5, 5.41) is 5.46. The van der Waals surface area contributed by atoms with Gasteiger partial charge in [0.2, 0.25) is 0 Å². The molecule has 2 heterocycles. The van der Waals surface area contributed by atoms with Crippen LogP contribution in [0, 0.1) is 0 Å². The van der Waals surface area contributed by atoms with E-state index in [2.05, 4.69) is 9.88 Å². The van der Waals surface area contributed by atoms with Crippen molar-refractivity contribution in [2.24, 2.45) is 7.05 Å². The van der Waals surface area contributed by atoms with E-state index in [0.29, 0.717) is 0 Å². The van der Waals surface area contributed by atoms with E-state index >= 15 is 0 Å². The number of carbonyl (C=O) groups excluding carboxylic acids is 1. The van der Waals surface area contributed by atoms with Crippen LogP contribution in [0.4, 0.5) is 0 Å². The first-order valence-corrected chi connectivity index (χ1v) is 5.12. The Morgan fingerprint density at radius 3 is 3.07 bits per heavy atom. The first kappa shape index (κ1) is 8.53. The largest absolute Gasteiger partial charge is 0.389 e. The minimum Gasteiger partial charge on any atom is -0.389 e. The molecule has 1 aliphatic heterocycles. The SMILES string of the molecule is Cn1c2c(c3c1=CNCC3)C=CC(=O)C=2. The summed E-state index contributed by atoms with van der Waals surface area (Å²) in [6.45, 7) is 0.977. The van der Waals surface area contributed by atoms with Gasteiger partial charge in [0, 0.05) is 31.4 Å².